The van der Waals surface area contributed by atoms with Gasteiger partial charge in [0.1, 0.15) is 12.3 Å². The highest BCUT2D eigenvalue weighted by Gasteiger charge is 2.19. The van der Waals surface area contributed by atoms with Crippen LogP contribution in [0, 0.1) is 5.92 Å². The molecule has 1 atom stereocenters. The molecule has 3 aromatic rings. The molecule has 0 spiro atoms. The minimum absolute atomic E-state index is 0.138. The van der Waals surface area contributed by atoms with Crippen LogP contribution in [0.15, 0.2) is 46.2 Å². The summed E-state index contributed by atoms with van der Waals surface area (Å²) in [6.45, 7) is 6.81. The monoisotopic (exact) mass is 525 g/mol. The van der Waals surface area contributed by atoms with Crippen LogP contribution >= 0.6 is 11.6 Å². The third-order valence-electron chi connectivity index (χ3n) is 6.42. The Hall–Kier alpha value is -3.43. The number of nitrogens with zero attached hydrogens (tertiary/aromatic N) is 4. The van der Waals surface area contributed by atoms with Crippen LogP contribution in [0.25, 0.3) is 10.8 Å². The zero-order valence-corrected chi connectivity index (χ0v) is 21.9. The first-order chi connectivity index (χ1) is 17.9. The molecular weight excluding hydrogens is 494 g/mol. The molecule has 0 radical (unpaired) electrons. The van der Waals surface area contributed by atoms with Crippen molar-refractivity contribution >= 4 is 40.2 Å². The Morgan fingerprint density at radius 3 is 2.73 bits per heavy atom. The number of nitrogens with two attached hydrogens (primary N) is 1. The van der Waals surface area contributed by atoms with Crippen molar-refractivity contribution in [3.8, 4) is 5.75 Å². The van der Waals surface area contributed by atoms with E-state index >= 15 is 0 Å². The summed E-state index contributed by atoms with van der Waals surface area (Å²) in [6, 6.07) is 10.6. The number of fused-ring (bicyclic) bond motifs is 1. The maximum Gasteiger partial charge on any atom is 0.275 e. The Morgan fingerprint density at radius 2 is 2.00 bits per heavy atom. The summed E-state index contributed by atoms with van der Waals surface area (Å²) < 4.78 is 12.4. The summed E-state index contributed by atoms with van der Waals surface area (Å²) in [6.07, 6.45) is 2.65. The van der Waals surface area contributed by atoms with Crippen molar-refractivity contribution < 1.29 is 14.3 Å². The van der Waals surface area contributed by atoms with E-state index in [1.54, 1.807) is 35.4 Å². The molecule has 1 unspecified atom stereocenters. The minimum atomic E-state index is -0.310. The molecule has 10 heteroatoms. The third-order valence-corrected chi connectivity index (χ3v) is 6.72. The molecular formula is C27H32ClN5O4. The molecule has 1 aliphatic heterocycles. The van der Waals surface area contributed by atoms with Crippen LogP contribution in [0.3, 0.4) is 0 Å². The molecule has 37 heavy (non-hydrogen) atoms. The first kappa shape index (κ1) is 26.6. The third kappa shape index (κ3) is 6.47. The van der Waals surface area contributed by atoms with E-state index in [9.17, 15) is 9.59 Å². The maximum absolute atomic E-state index is 13.1. The van der Waals surface area contributed by atoms with E-state index in [-0.39, 0.29) is 24.6 Å². The smallest absolute Gasteiger partial charge is 0.275 e. The summed E-state index contributed by atoms with van der Waals surface area (Å²) in [7, 11) is 0. The largest absolute Gasteiger partial charge is 0.492 e. The van der Waals surface area contributed by atoms with Crippen molar-refractivity contribution in [3.63, 3.8) is 0 Å². The van der Waals surface area contributed by atoms with Gasteiger partial charge in [-0.1, -0.05) is 50.1 Å². The van der Waals surface area contributed by atoms with Gasteiger partial charge in [0, 0.05) is 35.9 Å². The zero-order chi connectivity index (χ0) is 26.4. The number of carbonyl (C=O) groups is 1. The second-order valence-corrected chi connectivity index (χ2v) is 9.56. The molecule has 1 amide bonds. The number of anilines is 1. The van der Waals surface area contributed by atoms with Gasteiger partial charge in [0.15, 0.2) is 0 Å². The highest BCUT2D eigenvalue weighted by Crippen LogP contribution is 2.30. The van der Waals surface area contributed by atoms with Gasteiger partial charge in [-0.15, -0.1) is 0 Å². The number of aromatic nitrogens is 2. The van der Waals surface area contributed by atoms with Crippen LogP contribution in [-0.4, -0.2) is 59.7 Å². The fraction of sp³-hybridized carbons (Fsp3) is 0.407. The van der Waals surface area contributed by atoms with Crippen molar-refractivity contribution in [1.82, 2.24) is 14.7 Å². The van der Waals surface area contributed by atoms with E-state index in [4.69, 9.17) is 26.8 Å². The number of aliphatic imine (C=N–C) groups is 1. The van der Waals surface area contributed by atoms with Gasteiger partial charge >= 0.3 is 0 Å². The average molecular weight is 526 g/mol. The van der Waals surface area contributed by atoms with Gasteiger partial charge in [0.05, 0.1) is 42.5 Å². The molecule has 0 saturated carbocycles. The normalized spacial score (nSPS) is 14.8. The number of amides is 1. The Morgan fingerprint density at radius 1 is 1.27 bits per heavy atom. The van der Waals surface area contributed by atoms with Crippen molar-refractivity contribution in [2.45, 2.75) is 33.4 Å². The summed E-state index contributed by atoms with van der Waals surface area (Å²) in [5, 5.41) is 6.15. The Kier molecular flexibility index (Phi) is 8.78. The van der Waals surface area contributed by atoms with Gasteiger partial charge in [-0.25, -0.2) is 4.68 Å². The number of hydrogen-bond donors (Lipinski definition) is 1. The molecule has 196 valence electrons. The maximum atomic E-state index is 13.1. The van der Waals surface area contributed by atoms with Crippen molar-refractivity contribution in [1.29, 1.82) is 0 Å². The second kappa shape index (κ2) is 12.2. The number of morpholine rings is 1. The molecule has 1 aromatic heterocycles. The predicted octanol–water partition coefficient (Wildman–Crippen LogP) is 3.53. The summed E-state index contributed by atoms with van der Waals surface area (Å²) in [5.41, 5.74) is 7.59. The van der Waals surface area contributed by atoms with Gasteiger partial charge in [0.25, 0.3) is 5.56 Å². The van der Waals surface area contributed by atoms with E-state index in [2.05, 4.69) is 23.9 Å². The fourth-order valence-corrected chi connectivity index (χ4v) is 4.18. The number of hydrogen-bond acceptors (Lipinski definition) is 7. The minimum Gasteiger partial charge on any atom is -0.492 e. The molecule has 0 aliphatic carbocycles. The van der Waals surface area contributed by atoms with Crippen LogP contribution < -0.4 is 16.0 Å². The van der Waals surface area contributed by atoms with Gasteiger partial charge in [-0.3, -0.25) is 14.6 Å². The number of benzene rings is 2. The predicted molar refractivity (Wildman–Crippen MR) is 146 cm³/mol. The van der Waals surface area contributed by atoms with Crippen LogP contribution in [0.5, 0.6) is 5.75 Å². The average Bonchev–Trinajstić information content (AvgIpc) is 2.91. The lowest BCUT2D eigenvalue weighted by atomic mass is 10.1. The van der Waals surface area contributed by atoms with Gasteiger partial charge in [-0.05, 0) is 24.1 Å². The molecule has 1 saturated heterocycles. The second-order valence-electron chi connectivity index (χ2n) is 9.15. The number of ether oxygens (including phenoxy) is 2. The van der Waals surface area contributed by atoms with Crippen molar-refractivity contribution in [2.75, 3.05) is 38.6 Å². The fourth-order valence-electron chi connectivity index (χ4n) is 3.96. The quantitative estimate of drug-likeness (QED) is 0.338. The number of halogens is 1. The van der Waals surface area contributed by atoms with Crippen molar-refractivity contribution in [3.05, 3.63) is 63.0 Å². The van der Waals surface area contributed by atoms with E-state index in [1.807, 2.05) is 12.1 Å². The van der Waals surface area contributed by atoms with Crippen LogP contribution in [-0.2, 0) is 22.6 Å². The Labute approximate surface area is 220 Å². The number of carbonyl (C=O) groups excluding carboxylic acids is 1. The van der Waals surface area contributed by atoms with E-state index in [0.29, 0.717) is 77.3 Å². The molecule has 0 bridgehead atoms. The first-order valence-electron chi connectivity index (χ1n) is 12.4. The van der Waals surface area contributed by atoms with E-state index in [1.165, 1.54) is 4.68 Å². The van der Waals surface area contributed by atoms with E-state index < -0.39 is 0 Å². The highest BCUT2D eigenvalue weighted by molar-refractivity contribution is 6.32. The van der Waals surface area contributed by atoms with Crippen LogP contribution in [0.2, 0.25) is 5.02 Å². The molecule has 1 fully saturated rings. The van der Waals surface area contributed by atoms with Crippen LogP contribution in [0.1, 0.15) is 31.5 Å². The zero-order valence-electron chi connectivity index (χ0n) is 21.2. The van der Waals surface area contributed by atoms with Gasteiger partial charge in [-0.2, -0.15) is 5.10 Å². The Bertz CT molecular complexity index is 1350. The lowest BCUT2D eigenvalue weighted by Crippen LogP contribution is -2.43. The molecule has 1 aliphatic rings. The first-order valence-corrected chi connectivity index (χ1v) is 12.8. The molecule has 2 heterocycles. The topological polar surface area (TPSA) is 112 Å². The lowest BCUT2D eigenvalue weighted by molar-refractivity contribution is -0.136. The number of rotatable bonds is 9. The molecule has 9 nitrogen and oxygen atoms in total. The summed E-state index contributed by atoms with van der Waals surface area (Å²) in [5.74, 6) is 0.786. The summed E-state index contributed by atoms with van der Waals surface area (Å²) >= 11 is 6.32. The SMILES string of the molecule is CCC(C)COc1cc(C=NCc2nn(CC(=O)N3CCOCC3)c(=O)c3ccccc23)c(N)cc1Cl. The lowest BCUT2D eigenvalue weighted by Gasteiger charge is -2.26. The number of nitrogen functional groups attached to an aromatic ring is 1. The standard InChI is InChI=1S/C27H32ClN5O4/c1-3-18(2)17-37-25-12-19(23(29)13-22(25)28)14-30-15-24-20-6-4-5-7-21(20)27(35)33(31-24)16-26(34)32-8-10-36-11-9-32/h4-7,12-14,18H,3,8-11,15-17,29H2,1-2H3. The van der Waals surface area contributed by atoms with Crippen LogP contribution in [0.4, 0.5) is 5.69 Å². The molecule has 4 rings (SSSR count). The van der Waals surface area contributed by atoms with Gasteiger partial charge in [0.2, 0.25) is 5.91 Å². The van der Waals surface area contributed by atoms with E-state index in [0.717, 1.165) is 6.42 Å². The highest BCUT2D eigenvalue weighted by atomic mass is 35.5. The summed E-state index contributed by atoms with van der Waals surface area (Å²) in [4.78, 5) is 32.1. The van der Waals surface area contributed by atoms with Crippen molar-refractivity contribution in [2.24, 2.45) is 10.9 Å². The van der Waals surface area contributed by atoms with Gasteiger partial charge < -0.3 is 20.1 Å². The Balaban J connectivity index is 1.58. The molecule has 2 aromatic carbocycles. The molecule has 2 N–H and O–H groups in total.